The molecule has 2 heterocycles. The monoisotopic (exact) mass is 592 g/mol. The minimum Gasteiger partial charge on any atom is -0.374 e. The molecule has 228 valence electrons. The number of benzene rings is 4. The molecule has 0 N–H and O–H groups in total. The van der Waals surface area contributed by atoms with Crippen LogP contribution in [-0.4, -0.2) is 43.4 Å². The first-order chi connectivity index (χ1) is 21.7. The van der Waals surface area contributed by atoms with Gasteiger partial charge in [-0.2, -0.15) is 0 Å². The van der Waals surface area contributed by atoms with Gasteiger partial charge in [-0.1, -0.05) is 121 Å². The lowest BCUT2D eigenvalue weighted by atomic mass is 9.91. The van der Waals surface area contributed by atoms with Crippen LogP contribution in [0, 0.1) is 0 Å². The second kappa shape index (κ2) is 14.9. The van der Waals surface area contributed by atoms with E-state index in [9.17, 15) is 0 Å². The normalized spacial score (nSPS) is 24.8. The Balaban J connectivity index is 1.32. The maximum absolute atomic E-state index is 6.87. The van der Waals surface area contributed by atoms with Crippen LogP contribution in [0.5, 0.6) is 0 Å². The highest BCUT2D eigenvalue weighted by atomic mass is 16.7. The Morgan fingerprint density at radius 2 is 1.05 bits per heavy atom. The van der Waals surface area contributed by atoms with Gasteiger partial charge in [0, 0.05) is 0 Å². The van der Waals surface area contributed by atoms with Crippen molar-refractivity contribution >= 4 is 0 Å². The first-order valence-corrected chi connectivity index (χ1v) is 15.3. The van der Waals surface area contributed by atoms with Crippen molar-refractivity contribution in [3.8, 4) is 0 Å². The van der Waals surface area contributed by atoms with Gasteiger partial charge in [-0.15, -0.1) is 0 Å². The van der Waals surface area contributed by atoms with Crippen LogP contribution in [0.4, 0.5) is 0 Å². The van der Waals surface area contributed by atoms with Crippen LogP contribution in [0.2, 0.25) is 0 Å². The van der Waals surface area contributed by atoms with Crippen LogP contribution >= 0.6 is 0 Å². The third kappa shape index (κ3) is 7.71. The number of hydrogen-bond donors (Lipinski definition) is 0. The molecule has 6 rings (SSSR count). The molecule has 0 bridgehead atoms. The summed E-state index contributed by atoms with van der Waals surface area (Å²) in [7, 11) is 0. The zero-order valence-electron chi connectivity index (χ0n) is 25.1. The summed E-state index contributed by atoms with van der Waals surface area (Å²) in [5.41, 5.74) is 5.35. The molecule has 4 aromatic carbocycles. The van der Waals surface area contributed by atoms with Gasteiger partial charge in [-0.3, -0.25) is 0 Å². The fourth-order valence-electron chi connectivity index (χ4n) is 5.75. The smallest absolute Gasteiger partial charge is 0.218 e. The van der Waals surface area contributed by atoms with Crippen molar-refractivity contribution in [2.45, 2.75) is 63.6 Å². The Hall–Kier alpha value is -3.62. The van der Waals surface area contributed by atoms with Crippen molar-refractivity contribution in [3.05, 3.63) is 155 Å². The van der Waals surface area contributed by atoms with Crippen LogP contribution in [-0.2, 0) is 54.8 Å². The number of rotatable bonds is 13. The predicted molar refractivity (Wildman–Crippen MR) is 168 cm³/mol. The first-order valence-electron chi connectivity index (χ1n) is 15.3. The van der Waals surface area contributed by atoms with E-state index in [0.717, 1.165) is 27.8 Å². The summed E-state index contributed by atoms with van der Waals surface area (Å²) in [5, 5.41) is 0. The van der Waals surface area contributed by atoms with Crippen LogP contribution in [0.3, 0.4) is 0 Å². The molecule has 5 atom stereocenters. The summed E-state index contributed by atoms with van der Waals surface area (Å²) in [4.78, 5) is 0. The van der Waals surface area contributed by atoms with Gasteiger partial charge in [-0.05, 0) is 40.8 Å². The van der Waals surface area contributed by atoms with Crippen LogP contribution in [0.25, 0.3) is 0 Å². The van der Waals surface area contributed by atoms with Crippen molar-refractivity contribution in [2.75, 3.05) is 13.2 Å². The third-order valence-corrected chi connectivity index (χ3v) is 7.93. The molecule has 2 aliphatic rings. The Morgan fingerprint density at radius 1 is 0.591 bits per heavy atom. The summed E-state index contributed by atoms with van der Waals surface area (Å²) in [6.07, 6.45) is -0.0705. The quantitative estimate of drug-likeness (QED) is 0.155. The summed E-state index contributed by atoms with van der Waals surface area (Å²) < 4.78 is 39.8. The molecule has 0 aromatic heterocycles. The lowest BCUT2D eigenvalue weighted by molar-refractivity contribution is -0.357. The zero-order valence-corrected chi connectivity index (χ0v) is 25.1. The van der Waals surface area contributed by atoms with E-state index < -0.39 is 30.2 Å². The SMILES string of the molecule is CC1=C[C@@]2(OC1)O[C@H](COCc1ccccc1)[C@H](OCc1ccccc1)[C@H](OCc1ccccc1)[C@H]2OCc1ccccc1. The Kier molecular flexibility index (Phi) is 10.3. The average Bonchev–Trinajstić information content (AvgIpc) is 3.44. The maximum Gasteiger partial charge on any atom is 0.218 e. The number of hydrogen-bond acceptors (Lipinski definition) is 6. The van der Waals surface area contributed by atoms with Crippen molar-refractivity contribution in [1.82, 2.24) is 0 Å². The van der Waals surface area contributed by atoms with Gasteiger partial charge in [0.05, 0.1) is 39.6 Å². The lowest BCUT2D eigenvalue weighted by Crippen LogP contribution is -2.66. The molecule has 1 fully saturated rings. The zero-order chi connectivity index (χ0) is 30.0. The van der Waals surface area contributed by atoms with E-state index in [4.69, 9.17) is 28.4 Å². The molecule has 2 aliphatic heterocycles. The van der Waals surface area contributed by atoms with Crippen molar-refractivity contribution in [1.29, 1.82) is 0 Å². The van der Waals surface area contributed by atoms with Gasteiger partial charge in [0.2, 0.25) is 5.79 Å². The Morgan fingerprint density at radius 3 is 1.52 bits per heavy atom. The van der Waals surface area contributed by atoms with Gasteiger partial charge in [0.15, 0.2) is 0 Å². The van der Waals surface area contributed by atoms with Crippen molar-refractivity contribution < 1.29 is 28.4 Å². The summed E-state index contributed by atoms with van der Waals surface area (Å²) in [6, 6.07) is 40.6. The molecule has 4 aromatic rings. The molecule has 0 amide bonds. The second-order valence-corrected chi connectivity index (χ2v) is 11.4. The fourth-order valence-corrected chi connectivity index (χ4v) is 5.75. The average molecular weight is 593 g/mol. The van der Waals surface area contributed by atoms with Gasteiger partial charge in [-0.25, -0.2) is 0 Å². The van der Waals surface area contributed by atoms with Gasteiger partial charge >= 0.3 is 0 Å². The molecular weight excluding hydrogens is 552 g/mol. The van der Waals surface area contributed by atoms with Crippen LogP contribution in [0.15, 0.2) is 133 Å². The molecule has 44 heavy (non-hydrogen) atoms. The minimum atomic E-state index is -1.15. The summed E-state index contributed by atoms with van der Waals surface area (Å²) >= 11 is 0. The van der Waals surface area contributed by atoms with Crippen LogP contribution < -0.4 is 0 Å². The van der Waals surface area contributed by atoms with Gasteiger partial charge in [0.25, 0.3) is 0 Å². The minimum absolute atomic E-state index is 0.295. The summed E-state index contributed by atoms with van der Waals surface area (Å²) in [5.74, 6) is -1.15. The molecule has 6 heteroatoms. The highest BCUT2D eigenvalue weighted by Gasteiger charge is 2.58. The fraction of sp³-hybridized carbons (Fsp3) is 0.316. The van der Waals surface area contributed by atoms with Gasteiger partial charge in [0.1, 0.15) is 24.4 Å². The van der Waals surface area contributed by atoms with E-state index in [0.29, 0.717) is 39.6 Å². The molecular formula is C38H40O6. The Labute approximate surface area is 260 Å². The first kappa shape index (κ1) is 30.4. The third-order valence-electron chi connectivity index (χ3n) is 7.93. The largest absolute Gasteiger partial charge is 0.374 e. The van der Waals surface area contributed by atoms with E-state index in [1.54, 1.807) is 0 Å². The Bertz CT molecular complexity index is 1450. The molecule has 0 saturated carbocycles. The highest BCUT2D eigenvalue weighted by molar-refractivity contribution is 5.21. The van der Waals surface area contributed by atoms with E-state index in [1.165, 1.54) is 0 Å². The predicted octanol–water partition coefficient (Wildman–Crippen LogP) is 7.03. The standard InChI is InChI=1S/C38H40O6/c1-29-22-38(43-23-29)37(42-27-33-20-12-5-13-21-33)36(41-26-32-18-10-4-11-19-32)35(40-25-31-16-8-3-9-17-31)34(44-38)28-39-24-30-14-6-2-7-15-30/h2-22,34-37H,23-28H2,1H3/t34-,35+,36+,37-,38-/m1/s1. The molecule has 0 aliphatic carbocycles. The molecule has 1 saturated heterocycles. The van der Waals surface area contributed by atoms with Gasteiger partial charge < -0.3 is 28.4 Å². The number of ether oxygens (including phenoxy) is 6. The summed E-state index contributed by atoms with van der Waals surface area (Å²) in [6.45, 7) is 4.40. The molecule has 1 spiro atoms. The second-order valence-electron chi connectivity index (χ2n) is 11.4. The maximum atomic E-state index is 6.87. The molecule has 0 unspecified atom stereocenters. The van der Waals surface area contributed by atoms with E-state index in [-0.39, 0.29) is 0 Å². The van der Waals surface area contributed by atoms with Crippen LogP contribution in [0.1, 0.15) is 29.2 Å². The molecule has 0 radical (unpaired) electrons. The molecule has 6 nitrogen and oxygen atoms in total. The van der Waals surface area contributed by atoms with E-state index in [1.807, 2.05) is 85.8 Å². The lowest BCUT2D eigenvalue weighted by Gasteiger charge is -2.50. The van der Waals surface area contributed by atoms with Crippen molar-refractivity contribution in [2.24, 2.45) is 0 Å². The van der Waals surface area contributed by atoms with Crippen molar-refractivity contribution in [3.63, 3.8) is 0 Å². The highest BCUT2D eigenvalue weighted by Crippen LogP contribution is 2.42. The van der Waals surface area contributed by atoms with E-state index in [2.05, 4.69) is 48.5 Å². The topological polar surface area (TPSA) is 55.4 Å². The van der Waals surface area contributed by atoms with E-state index >= 15 is 0 Å².